The maximum absolute atomic E-state index is 13.6. The fourth-order valence-corrected chi connectivity index (χ4v) is 4.63. The van der Waals surface area contributed by atoms with Crippen LogP contribution in [0.3, 0.4) is 0 Å². The van der Waals surface area contributed by atoms with Gasteiger partial charge in [0.2, 0.25) is 5.92 Å². The van der Waals surface area contributed by atoms with Crippen molar-refractivity contribution in [1.29, 1.82) is 0 Å². The molecule has 2 aromatic rings. The predicted octanol–water partition coefficient (Wildman–Crippen LogP) is 4.21. The summed E-state index contributed by atoms with van der Waals surface area (Å²) in [4.78, 5) is 29.6. The van der Waals surface area contributed by atoms with Gasteiger partial charge in [-0.05, 0) is 38.3 Å². The van der Waals surface area contributed by atoms with Crippen molar-refractivity contribution in [3.05, 3.63) is 38.3 Å². The van der Waals surface area contributed by atoms with Crippen LogP contribution in [-0.2, 0) is 12.0 Å². The minimum atomic E-state index is -2.63. The van der Waals surface area contributed by atoms with E-state index >= 15 is 0 Å². The number of aromatic nitrogens is 2. The largest absolute Gasteiger partial charge is 0.296 e. The summed E-state index contributed by atoms with van der Waals surface area (Å²) < 4.78 is 29.5. The second-order valence-corrected chi connectivity index (χ2v) is 8.10. The smallest absolute Gasteiger partial charge is 0.261 e. The Morgan fingerprint density at radius 2 is 1.88 bits per heavy atom. The Bertz CT molecular complexity index is 958. The summed E-state index contributed by atoms with van der Waals surface area (Å²) in [6, 6.07) is 3.33. The van der Waals surface area contributed by atoms with Crippen LogP contribution >= 0.6 is 15.9 Å². The summed E-state index contributed by atoms with van der Waals surface area (Å²) in [5.74, 6) is -2.23. The van der Waals surface area contributed by atoms with Gasteiger partial charge in [-0.1, -0.05) is 15.9 Å². The number of carbonyl (C=O) groups is 1. The van der Waals surface area contributed by atoms with Crippen molar-refractivity contribution < 1.29 is 13.6 Å². The predicted molar refractivity (Wildman–Crippen MR) is 93.4 cm³/mol. The summed E-state index contributed by atoms with van der Waals surface area (Å²) in [7, 11) is 0. The third-order valence-corrected chi connectivity index (χ3v) is 6.09. The number of rotatable bonds is 1. The van der Waals surface area contributed by atoms with Crippen molar-refractivity contribution in [2.75, 3.05) is 0 Å². The molecule has 1 aromatic heterocycles. The van der Waals surface area contributed by atoms with Gasteiger partial charge in [0, 0.05) is 34.8 Å². The minimum Gasteiger partial charge on any atom is -0.296 e. The summed E-state index contributed by atoms with van der Waals surface area (Å²) in [5.41, 5.74) is 0.0903. The van der Waals surface area contributed by atoms with Crippen molar-refractivity contribution in [2.45, 2.75) is 56.9 Å². The zero-order chi connectivity index (χ0) is 18.0. The highest BCUT2D eigenvalue weighted by atomic mass is 79.9. The fraction of sp³-hybridized carbons (Fsp3) is 0.500. The van der Waals surface area contributed by atoms with Crippen LogP contribution in [0.5, 0.6) is 0 Å². The molecule has 1 aromatic carbocycles. The number of halogens is 3. The number of benzene rings is 1. The Morgan fingerprint density at radius 1 is 1.20 bits per heavy atom. The van der Waals surface area contributed by atoms with Gasteiger partial charge in [0.05, 0.1) is 10.9 Å². The van der Waals surface area contributed by atoms with Crippen LogP contribution in [0.4, 0.5) is 8.78 Å². The number of alkyl halides is 2. The Labute approximate surface area is 151 Å². The fourth-order valence-electron chi connectivity index (χ4n) is 4.18. The molecular weight excluding hydrogens is 394 g/mol. The summed E-state index contributed by atoms with van der Waals surface area (Å²) >= 11 is 3.34. The van der Waals surface area contributed by atoms with Crippen molar-refractivity contribution in [2.24, 2.45) is 0 Å². The molecule has 1 saturated carbocycles. The van der Waals surface area contributed by atoms with E-state index in [1.165, 1.54) is 6.92 Å². The summed E-state index contributed by atoms with van der Waals surface area (Å²) in [6.07, 6.45) is 0.938. The second kappa shape index (κ2) is 5.43. The number of fused-ring (bicyclic) bond motifs is 3. The molecule has 1 fully saturated rings. The molecule has 4 nitrogen and oxygen atoms in total. The van der Waals surface area contributed by atoms with E-state index in [-0.39, 0.29) is 24.2 Å². The molecule has 1 spiro atoms. The molecule has 132 valence electrons. The Hall–Kier alpha value is -1.63. The van der Waals surface area contributed by atoms with Crippen LogP contribution in [0.15, 0.2) is 21.4 Å². The van der Waals surface area contributed by atoms with E-state index in [2.05, 4.69) is 20.9 Å². The molecular formula is C18H17BrF2N2O2. The molecule has 0 atom stereocenters. The van der Waals surface area contributed by atoms with Crippen LogP contribution < -0.4 is 5.56 Å². The maximum Gasteiger partial charge on any atom is 0.261 e. The quantitative estimate of drug-likeness (QED) is 0.661. The topological polar surface area (TPSA) is 52.0 Å². The number of hydrogen-bond donors (Lipinski definition) is 0. The average Bonchev–Trinajstić information content (AvgIpc) is 2.90. The van der Waals surface area contributed by atoms with E-state index in [0.717, 1.165) is 0 Å². The number of hydrogen-bond acceptors (Lipinski definition) is 3. The van der Waals surface area contributed by atoms with E-state index in [0.29, 0.717) is 52.6 Å². The highest BCUT2D eigenvalue weighted by molar-refractivity contribution is 9.10. The lowest BCUT2D eigenvalue weighted by Gasteiger charge is -2.36. The first-order valence-electron chi connectivity index (χ1n) is 8.36. The standard InChI is InChI=1S/C18H17BrF2N2O2/c1-10(24)12-8-11(19)9-13-14(12)22-16-17(6-7-23(16)15(13)25)2-4-18(20,21)5-3-17/h8-9H,2-7H2,1H3. The molecule has 25 heavy (non-hydrogen) atoms. The van der Waals surface area contributed by atoms with Gasteiger partial charge < -0.3 is 0 Å². The summed E-state index contributed by atoms with van der Waals surface area (Å²) in [5, 5.41) is 0.390. The normalized spacial score (nSPS) is 20.8. The molecule has 4 rings (SSSR count). The zero-order valence-corrected chi connectivity index (χ0v) is 15.3. The average molecular weight is 411 g/mol. The number of Topliss-reactive ketones (excluding diaryl/α,β-unsaturated/α-hetero) is 1. The first kappa shape index (κ1) is 16.8. The molecule has 0 saturated heterocycles. The molecule has 0 radical (unpaired) electrons. The molecule has 7 heteroatoms. The molecule has 0 bridgehead atoms. The van der Waals surface area contributed by atoms with Crippen LogP contribution in [0.1, 0.15) is 55.2 Å². The van der Waals surface area contributed by atoms with E-state index in [9.17, 15) is 18.4 Å². The van der Waals surface area contributed by atoms with Gasteiger partial charge in [-0.25, -0.2) is 13.8 Å². The van der Waals surface area contributed by atoms with Gasteiger partial charge >= 0.3 is 0 Å². The third kappa shape index (κ3) is 2.55. The Morgan fingerprint density at radius 3 is 2.52 bits per heavy atom. The van der Waals surface area contributed by atoms with Gasteiger partial charge in [-0.15, -0.1) is 0 Å². The van der Waals surface area contributed by atoms with Crippen LogP contribution in [-0.4, -0.2) is 21.3 Å². The Balaban J connectivity index is 1.95. The van der Waals surface area contributed by atoms with Gasteiger partial charge in [0.25, 0.3) is 5.56 Å². The summed E-state index contributed by atoms with van der Waals surface area (Å²) in [6.45, 7) is 1.93. The molecule has 0 unspecified atom stereocenters. The first-order valence-corrected chi connectivity index (χ1v) is 9.15. The van der Waals surface area contributed by atoms with Gasteiger partial charge in [-0.2, -0.15) is 0 Å². The van der Waals surface area contributed by atoms with E-state index in [1.54, 1.807) is 16.7 Å². The lowest BCUT2D eigenvalue weighted by Crippen LogP contribution is -2.36. The second-order valence-electron chi connectivity index (χ2n) is 7.18. The van der Waals surface area contributed by atoms with Crippen LogP contribution in [0.25, 0.3) is 10.9 Å². The van der Waals surface area contributed by atoms with Crippen LogP contribution in [0.2, 0.25) is 0 Å². The molecule has 2 aliphatic rings. The first-order chi connectivity index (χ1) is 11.7. The van der Waals surface area contributed by atoms with Gasteiger partial charge in [-0.3, -0.25) is 14.2 Å². The molecule has 1 aliphatic heterocycles. The number of nitrogens with zero attached hydrogens (tertiary/aromatic N) is 2. The highest BCUT2D eigenvalue weighted by Crippen LogP contribution is 2.49. The van der Waals surface area contributed by atoms with E-state index < -0.39 is 11.3 Å². The van der Waals surface area contributed by atoms with Crippen molar-refractivity contribution in [1.82, 2.24) is 9.55 Å². The monoisotopic (exact) mass is 410 g/mol. The zero-order valence-electron chi connectivity index (χ0n) is 13.7. The van der Waals surface area contributed by atoms with Gasteiger partial charge in [0.15, 0.2) is 5.78 Å². The van der Waals surface area contributed by atoms with Crippen molar-refractivity contribution >= 4 is 32.6 Å². The SMILES string of the molecule is CC(=O)c1cc(Br)cc2c(=O)n3c(nc12)C1(CC3)CCC(F)(F)CC1. The Kier molecular flexibility index (Phi) is 3.65. The molecule has 0 N–H and O–H groups in total. The van der Waals surface area contributed by atoms with E-state index in [1.807, 2.05) is 0 Å². The number of ketones is 1. The highest BCUT2D eigenvalue weighted by Gasteiger charge is 2.49. The lowest BCUT2D eigenvalue weighted by atomic mass is 9.71. The molecule has 1 aliphatic carbocycles. The van der Waals surface area contributed by atoms with Gasteiger partial charge in [0.1, 0.15) is 5.82 Å². The molecule has 2 heterocycles. The van der Waals surface area contributed by atoms with Crippen molar-refractivity contribution in [3.8, 4) is 0 Å². The molecule has 0 amide bonds. The number of carbonyl (C=O) groups excluding carboxylic acids is 1. The minimum absolute atomic E-state index is 0.176. The van der Waals surface area contributed by atoms with Crippen molar-refractivity contribution in [3.63, 3.8) is 0 Å². The maximum atomic E-state index is 13.6. The third-order valence-electron chi connectivity index (χ3n) is 5.63. The van der Waals surface area contributed by atoms with E-state index in [4.69, 9.17) is 0 Å². The van der Waals surface area contributed by atoms with Crippen LogP contribution in [0, 0.1) is 0 Å². The lowest BCUT2D eigenvalue weighted by molar-refractivity contribution is -0.0523.